The Kier molecular flexibility index (Phi) is 6.31. The highest BCUT2D eigenvalue weighted by Gasteiger charge is 2.15. The molecule has 0 aliphatic rings. The van der Waals surface area contributed by atoms with Gasteiger partial charge in [-0.1, -0.05) is 17.7 Å². The second-order valence-electron chi connectivity index (χ2n) is 5.00. The summed E-state index contributed by atoms with van der Waals surface area (Å²) in [4.78, 5) is 11.9. The van der Waals surface area contributed by atoms with Crippen molar-refractivity contribution in [2.24, 2.45) is 0 Å². The topological polar surface area (TPSA) is 70.6 Å². The average Bonchev–Trinajstić information content (AvgIpc) is 2.38. The van der Waals surface area contributed by atoms with Gasteiger partial charge in [0, 0.05) is 18.2 Å². The number of carbonyl (C=O) groups excluding carboxylic acids is 1. The number of hydrogen-bond acceptors (Lipinski definition) is 3. The van der Waals surface area contributed by atoms with E-state index in [1.807, 2.05) is 39.0 Å². The number of carbonyl (C=O) groups is 1. The highest BCUT2D eigenvalue weighted by atomic mass is 16.5. The normalized spacial score (nSPS) is 13.4. The van der Waals surface area contributed by atoms with E-state index in [1.165, 1.54) is 0 Å². The number of methoxy groups -OCH3 is 1. The third kappa shape index (κ3) is 4.74. The summed E-state index contributed by atoms with van der Waals surface area (Å²) >= 11 is 0. The van der Waals surface area contributed by atoms with Gasteiger partial charge in [-0.3, -0.25) is 0 Å². The molecule has 20 heavy (non-hydrogen) atoms. The number of hydrogen-bond donors (Lipinski definition) is 3. The first kappa shape index (κ1) is 16.3. The molecule has 0 aliphatic carbocycles. The van der Waals surface area contributed by atoms with E-state index >= 15 is 0 Å². The van der Waals surface area contributed by atoms with Crippen LogP contribution in [0.5, 0.6) is 5.75 Å². The lowest BCUT2D eigenvalue weighted by atomic mass is 10.0. The zero-order valence-corrected chi connectivity index (χ0v) is 12.6. The molecule has 0 aromatic heterocycles. The van der Waals surface area contributed by atoms with E-state index in [9.17, 15) is 4.79 Å². The number of aryl methyl sites for hydroxylation is 1. The van der Waals surface area contributed by atoms with Crippen molar-refractivity contribution in [3.05, 3.63) is 29.3 Å². The van der Waals surface area contributed by atoms with Gasteiger partial charge in [-0.2, -0.15) is 0 Å². The Labute approximate surface area is 120 Å². The maximum Gasteiger partial charge on any atom is 0.315 e. The number of amides is 2. The molecular weight excluding hydrogens is 256 g/mol. The van der Waals surface area contributed by atoms with E-state index in [-0.39, 0.29) is 24.7 Å². The minimum absolute atomic E-state index is 0.0582. The Morgan fingerprint density at radius 2 is 2.05 bits per heavy atom. The standard InChI is InChI=1S/C15H24N2O3/c1-10-5-6-14(20-4)13(9-10)12(3)17-15(19)16-11(2)7-8-18/h5-6,9,11-12,18H,7-8H2,1-4H3,(H2,16,17,19)/t11-,12?/m1/s1. The van der Waals surface area contributed by atoms with Crippen LogP contribution in [0, 0.1) is 6.92 Å². The van der Waals surface area contributed by atoms with Gasteiger partial charge in [-0.05, 0) is 33.3 Å². The molecular formula is C15H24N2O3. The van der Waals surface area contributed by atoms with E-state index in [1.54, 1.807) is 7.11 Å². The maximum atomic E-state index is 11.9. The van der Waals surface area contributed by atoms with Gasteiger partial charge in [-0.25, -0.2) is 4.79 Å². The molecule has 0 aliphatic heterocycles. The summed E-state index contributed by atoms with van der Waals surface area (Å²) < 4.78 is 5.32. The fraction of sp³-hybridized carbons (Fsp3) is 0.533. The minimum atomic E-state index is -0.248. The monoisotopic (exact) mass is 280 g/mol. The van der Waals surface area contributed by atoms with Crippen molar-refractivity contribution in [1.82, 2.24) is 10.6 Å². The van der Waals surface area contributed by atoms with Gasteiger partial charge >= 0.3 is 6.03 Å². The van der Waals surface area contributed by atoms with Crippen molar-refractivity contribution in [3.8, 4) is 5.75 Å². The van der Waals surface area contributed by atoms with Gasteiger partial charge in [-0.15, -0.1) is 0 Å². The number of urea groups is 1. The predicted octanol–water partition coefficient (Wildman–Crippen LogP) is 2.13. The number of aliphatic hydroxyl groups excluding tert-OH is 1. The third-order valence-electron chi connectivity index (χ3n) is 3.14. The first-order chi connectivity index (χ1) is 9.47. The molecule has 2 atom stereocenters. The molecule has 0 saturated carbocycles. The number of benzene rings is 1. The van der Waals surface area contributed by atoms with Crippen LogP contribution in [0.4, 0.5) is 4.79 Å². The molecule has 5 nitrogen and oxygen atoms in total. The molecule has 1 aromatic rings. The molecule has 1 rings (SSSR count). The number of ether oxygens (including phenoxy) is 1. The van der Waals surface area contributed by atoms with Crippen LogP contribution >= 0.6 is 0 Å². The molecule has 3 N–H and O–H groups in total. The van der Waals surface area contributed by atoms with E-state index in [0.29, 0.717) is 6.42 Å². The SMILES string of the molecule is COc1ccc(C)cc1C(C)NC(=O)N[C@H](C)CCO. The van der Waals surface area contributed by atoms with Gasteiger partial charge in [0.05, 0.1) is 13.2 Å². The maximum absolute atomic E-state index is 11.9. The highest BCUT2D eigenvalue weighted by Crippen LogP contribution is 2.25. The van der Waals surface area contributed by atoms with Crippen molar-refractivity contribution in [3.63, 3.8) is 0 Å². The fourth-order valence-corrected chi connectivity index (χ4v) is 2.00. The second kappa shape index (κ2) is 7.75. The van der Waals surface area contributed by atoms with Crippen LogP contribution in [0.25, 0.3) is 0 Å². The lowest BCUT2D eigenvalue weighted by Crippen LogP contribution is -2.42. The highest BCUT2D eigenvalue weighted by molar-refractivity contribution is 5.74. The quantitative estimate of drug-likeness (QED) is 0.747. The van der Waals surface area contributed by atoms with E-state index in [4.69, 9.17) is 9.84 Å². The number of nitrogens with one attached hydrogen (secondary N) is 2. The van der Waals surface area contributed by atoms with E-state index in [0.717, 1.165) is 16.9 Å². The summed E-state index contributed by atoms with van der Waals surface area (Å²) in [5, 5.41) is 14.5. The van der Waals surface area contributed by atoms with Gasteiger partial charge in [0.2, 0.25) is 0 Å². The molecule has 5 heteroatoms. The largest absolute Gasteiger partial charge is 0.496 e. The summed E-state index contributed by atoms with van der Waals surface area (Å²) in [6.45, 7) is 5.82. The first-order valence-corrected chi connectivity index (χ1v) is 6.80. The van der Waals surface area contributed by atoms with Crippen molar-refractivity contribution in [2.45, 2.75) is 39.3 Å². The van der Waals surface area contributed by atoms with Crippen LogP contribution in [0.1, 0.15) is 37.4 Å². The Morgan fingerprint density at radius 1 is 1.35 bits per heavy atom. The zero-order chi connectivity index (χ0) is 15.1. The Morgan fingerprint density at radius 3 is 2.65 bits per heavy atom. The van der Waals surface area contributed by atoms with Gasteiger partial charge in [0.25, 0.3) is 0 Å². The van der Waals surface area contributed by atoms with Gasteiger partial charge in [0.1, 0.15) is 5.75 Å². The number of rotatable bonds is 6. The van der Waals surface area contributed by atoms with Crippen LogP contribution in [0.3, 0.4) is 0 Å². The summed E-state index contributed by atoms with van der Waals surface area (Å²) in [5.41, 5.74) is 2.06. The first-order valence-electron chi connectivity index (χ1n) is 6.80. The lowest BCUT2D eigenvalue weighted by Gasteiger charge is -2.20. The van der Waals surface area contributed by atoms with Crippen LogP contribution in [0.2, 0.25) is 0 Å². The fourth-order valence-electron chi connectivity index (χ4n) is 2.00. The molecule has 0 heterocycles. The van der Waals surface area contributed by atoms with E-state index in [2.05, 4.69) is 10.6 Å². The molecule has 0 spiro atoms. The summed E-state index contributed by atoms with van der Waals surface area (Å²) in [7, 11) is 1.62. The summed E-state index contributed by atoms with van der Waals surface area (Å²) in [6.07, 6.45) is 0.537. The van der Waals surface area contributed by atoms with Crippen LogP contribution in [-0.4, -0.2) is 30.9 Å². The average molecular weight is 280 g/mol. The van der Waals surface area contributed by atoms with Crippen molar-refractivity contribution >= 4 is 6.03 Å². The number of aliphatic hydroxyl groups is 1. The van der Waals surface area contributed by atoms with E-state index < -0.39 is 0 Å². The van der Waals surface area contributed by atoms with Gasteiger partial charge < -0.3 is 20.5 Å². The minimum Gasteiger partial charge on any atom is -0.496 e. The zero-order valence-electron chi connectivity index (χ0n) is 12.6. The molecule has 1 unspecified atom stereocenters. The van der Waals surface area contributed by atoms with Crippen LogP contribution < -0.4 is 15.4 Å². The molecule has 112 valence electrons. The van der Waals surface area contributed by atoms with Crippen LogP contribution in [0.15, 0.2) is 18.2 Å². The van der Waals surface area contributed by atoms with Crippen molar-refractivity contribution in [2.75, 3.05) is 13.7 Å². The Hall–Kier alpha value is -1.75. The van der Waals surface area contributed by atoms with Crippen molar-refractivity contribution < 1.29 is 14.6 Å². The lowest BCUT2D eigenvalue weighted by molar-refractivity contribution is 0.228. The smallest absolute Gasteiger partial charge is 0.315 e. The predicted molar refractivity (Wildman–Crippen MR) is 79.0 cm³/mol. The molecule has 0 saturated heterocycles. The molecule has 2 amide bonds. The van der Waals surface area contributed by atoms with Crippen molar-refractivity contribution in [1.29, 1.82) is 0 Å². The molecule has 1 aromatic carbocycles. The van der Waals surface area contributed by atoms with Gasteiger partial charge in [0.15, 0.2) is 0 Å². The Balaban J connectivity index is 2.68. The molecule has 0 fully saturated rings. The molecule has 0 radical (unpaired) electrons. The second-order valence-corrected chi connectivity index (χ2v) is 5.00. The summed E-state index contributed by atoms with van der Waals surface area (Å²) in [5.74, 6) is 0.756. The van der Waals surface area contributed by atoms with Crippen LogP contribution in [-0.2, 0) is 0 Å². The Bertz CT molecular complexity index is 449. The molecule has 0 bridgehead atoms. The third-order valence-corrected chi connectivity index (χ3v) is 3.14. The summed E-state index contributed by atoms with van der Waals surface area (Å²) in [6, 6.07) is 5.40.